The van der Waals surface area contributed by atoms with Crippen LogP contribution < -0.4 is 9.64 Å². The molecule has 4 rings (SSSR count). The quantitative estimate of drug-likeness (QED) is 0.328. The first-order valence-electron chi connectivity index (χ1n) is 10.9. The second-order valence-electron chi connectivity index (χ2n) is 8.44. The van der Waals surface area contributed by atoms with Gasteiger partial charge in [-0.3, -0.25) is 19.5 Å². The third-order valence-electron chi connectivity index (χ3n) is 5.50. The van der Waals surface area contributed by atoms with Crippen LogP contribution in [0.2, 0.25) is 0 Å². The number of hydrogen-bond donors (Lipinski definition) is 1. The number of para-hydroxylation sites is 1. The first-order chi connectivity index (χ1) is 15.9. The molecule has 0 radical (unpaired) electrons. The maximum absolute atomic E-state index is 13.2. The molecule has 1 unspecified atom stereocenters. The van der Waals surface area contributed by atoms with Crippen LogP contribution in [0.5, 0.6) is 5.75 Å². The lowest BCUT2D eigenvalue weighted by Gasteiger charge is -2.26. The predicted octanol–water partition coefficient (Wildman–Crippen LogP) is 5.05. The first-order valence-corrected chi connectivity index (χ1v) is 10.9. The predicted molar refractivity (Wildman–Crippen MR) is 127 cm³/mol. The van der Waals surface area contributed by atoms with E-state index in [0.717, 1.165) is 5.56 Å². The average Bonchev–Trinajstić information content (AvgIpc) is 3.09. The summed E-state index contributed by atoms with van der Waals surface area (Å²) in [6, 6.07) is 18.7. The minimum atomic E-state index is -0.843. The fourth-order valence-corrected chi connectivity index (χ4v) is 3.86. The summed E-state index contributed by atoms with van der Waals surface area (Å²) in [7, 11) is 0. The number of nitrogens with zero attached hydrogens (tertiary/aromatic N) is 2. The molecule has 1 aromatic heterocycles. The lowest BCUT2D eigenvalue weighted by Crippen LogP contribution is -2.30. The molecular weight excluding hydrogens is 416 g/mol. The van der Waals surface area contributed by atoms with Crippen molar-refractivity contribution < 1.29 is 19.4 Å². The lowest BCUT2D eigenvalue weighted by atomic mass is 9.98. The van der Waals surface area contributed by atoms with Crippen LogP contribution in [-0.4, -0.2) is 28.4 Å². The minimum Gasteiger partial charge on any atom is -0.507 e. The molecule has 1 atom stereocenters. The van der Waals surface area contributed by atoms with Gasteiger partial charge in [0.2, 0.25) is 0 Å². The zero-order valence-electron chi connectivity index (χ0n) is 18.9. The van der Waals surface area contributed by atoms with Gasteiger partial charge in [-0.05, 0) is 60.9 Å². The van der Waals surface area contributed by atoms with E-state index in [1.807, 2.05) is 25.1 Å². The minimum absolute atomic E-state index is 0.0119. The standard InChI is InChI=1S/C27H26N2O4/c1-17(2)16-33-20-13-11-19(12-14-20)25(30)23-24(21-9-6-7-15-28-21)29(27(32)26(23)31)22-10-5-4-8-18(22)3/h4-15,17,24,30H,16H2,1-3H3/b25-23-. The average molecular weight is 443 g/mol. The molecule has 1 aliphatic heterocycles. The number of rotatable bonds is 6. The van der Waals surface area contributed by atoms with Crippen molar-refractivity contribution in [1.29, 1.82) is 0 Å². The van der Waals surface area contributed by atoms with Crippen molar-refractivity contribution in [2.75, 3.05) is 11.5 Å². The molecule has 1 fully saturated rings. The first kappa shape index (κ1) is 22.3. The number of Topliss-reactive ketones (excluding diaryl/α,β-unsaturated/α-hetero) is 1. The van der Waals surface area contributed by atoms with Crippen molar-refractivity contribution >= 4 is 23.1 Å². The summed E-state index contributed by atoms with van der Waals surface area (Å²) < 4.78 is 5.71. The van der Waals surface area contributed by atoms with E-state index < -0.39 is 17.7 Å². The largest absolute Gasteiger partial charge is 0.507 e. The summed E-state index contributed by atoms with van der Waals surface area (Å²) >= 11 is 0. The van der Waals surface area contributed by atoms with Crippen LogP contribution in [0.15, 0.2) is 78.5 Å². The number of hydrogen-bond acceptors (Lipinski definition) is 5. The van der Waals surface area contributed by atoms with Crippen LogP contribution in [0.4, 0.5) is 5.69 Å². The molecule has 1 aliphatic rings. The summed E-state index contributed by atoms with van der Waals surface area (Å²) in [5.41, 5.74) is 2.38. The van der Waals surface area contributed by atoms with Gasteiger partial charge in [-0.2, -0.15) is 0 Å². The van der Waals surface area contributed by atoms with Gasteiger partial charge in [-0.15, -0.1) is 0 Å². The van der Waals surface area contributed by atoms with Crippen LogP contribution in [0.1, 0.15) is 36.7 Å². The van der Waals surface area contributed by atoms with Gasteiger partial charge in [-0.1, -0.05) is 38.1 Å². The number of ether oxygens (including phenoxy) is 1. The van der Waals surface area contributed by atoms with Crippen LogP contribution in [0, 0.1) is 12.8 Å². The van der Waals surface area contributed by atoms with Gasteiger partial charge in [0, 0.05) is 17.4 Å². The second kappa shape index (κ2) is 9.28. The molecule has 0 spiro atoms. The monoisotopic (exact) mass is 442 g/mol. The smallest absolute Gasteiger partial charge is 0.300 e. The van der Waals surface area contributed by atoms with Gasteiger partial charge in [0.25, 0.3) is 11.7 Å². The van der Waals surface area contributed by atoms with E-state index >= 15 is 0 Å². The maximum Gasteiger partial charge on any atom is 0.300 e. The van der Waals surface area contributed by atoms with Gasteiger partial charge in [0.05, 0.1) is 17.9 Å². The molecule has 0 bridgehead atoms. The van der Waals surface area contributed by atoms with E-state index in [4.69, 9.17) is 4.74 Å². The highest BCUT2D eigenvalue weighted by Gasteiger charge is 2.47. The highest BCUT2D eigenvalue weighted by molar-refractivity contribution is 6.51. The van der Waals surface area contributed by atoms with Crippen molar-refractivity contribution in [3.05, 3.63) is 95.3 Å². The van der Waals surface area contributed by atoms with Crippen molar-refractivity contribution in [3.8, 4) is 5.75 Å². The number of carbonyl (C=O) groups excluding carboxylic acids is 2. The lowest BCUT2D eigenvalue weighted by molar-refractivity contribution is -0.132. The molecule has 6 nitrogen and oxygen atoms in total. The van der Waals surface area contributed by atoms with E-state index in [1.54, 1.807) is 54.7 Å². The van der Waals surface area contributed by atoms with E-state index in [1.165, 1.54) is 4.90 Å². The Hall–Kier alpha value is -3.93. The van der Waals surface area contributed by atoms with Gasteiger partial charge in [0.15, 0.2) is 0 Å². The third-order valence-corrected chi connectivity index (χ3v) is 5.50. The maximum atomic E-state index is 13.2. The van der Waals surface area contributed by atoms with Crippen molar-refractivity contribution in [1.82, 2.24) is 4.98 Å². The van der Waals surface area contributed by atoms with Gasteiger partial charge >= 0.3 is 0 Å². The normalized spacial score (nSPS) is 17.6. The van der Waals surface area contributed by atoms with E-state index in [9.17, 15) is 14.7 Å². The summed E-state index contributed by atoms with van der Waals surface area (Å²) in [5, 5.41) is 11.2. The van der Waals surface area contributed by atoms with Gasteiger partial charge in [0.1, 0.15) is 17.6 Å². The molecule has 2 aromatic carbocycles. The summed E-state index contributed by atoms with van der Waals surface area (Å²) in [6.45, 7) is 6.57. The molecule has 0 aliphatic carbocycles. The third kappa shape index (κ3) is 4.37. The van der Waals surface area contributed by atoms with E-state index in [2.05, 4.69) is 18.8 Å². The number of aliphatic hydroxyl groups excluding tert-OH is 1. The molecular formula is C27H26N2O4. The number of carbonyl (C=O) groups is 2. The van der Waals surface area contributed by atoms with Crippen LogP contribution in [0.3, 0.4) is 0 Å². The Kier molecular flexibility index (Phi) is 6.27. The fraction of sp³-hybridized carbons (Fsp3) is 0.222. The summed E-state index contributed by atoms with van der Waals surface area (Å²) in [4.78, 5) is 32.2. The van der Waals surface area contributed by atoms with Crippen molar-refractivity contribution in [2.45, 2.75) is 26.8 Å². The van der Waals surface area contributed by atoms with Crippen molar-refractivity contribution in [2.24, 2.45) is 5.92 Å². The van der Waals surface area contributed by atoms with Gasteiger partial charge in [-0.25, -0.2) is 0 Å². The Bertz CT molecular complexity index is 1200. The topological polar surface area (TPSA) is 79.7 Å². The van der Waals surface area contributed by atoms with Crippen LogP contribution in [0.25, 0.3) is 5.76 Å². The van der Waals surface area contributed by atoms with Crippen LogP contribution >= 0.6 is 0 Å². The number of aliphatic hydroxyl groups is 1. The Labute approximate surface area is 193 Å². The SMILES string of the molecule is Cc1ccccc1N1C(=O)C(=O)/C(=C(\O)c2ccc(OCC(C)C)cc2)C1c1ccccn1. The number of anilines is 1. The Morgan fingerprint density at radius 2 is 1.73 bits per heavy atom. The highest BCUT2D eigenvalue weighted by Crippen LogP contribution is 2.42. The molecule has 1 amide bonds. The molecule has 1 N–H and O–H groups in total. The number of aryl methyl sites for hydroxylation is 1. The Morgan fingerprint density at radius 1 is 1.03 bits per heavy atom. The van der Waals surface area contributed by atoms with E-state index in [-0.39, 0.29) is 11.3 Å². The Morgan fingerprint density at radius 3 is 2.36 bits per heavy atom. The number of pyridine rings is 1. The van der Waals surface area contributed by atoms with E-state index in [0.29, 0.717) is 35.2 Å². The number of ketones is 1. The second-order valence-corrected chi connectivity index (χ2v) is 8.44. The fourth-order valence-electron chi connectivity index (χ4n) is 3.86. The van der Waals surface area contributed by atoms with Gasteiger partial charge < -0.3 is 9.84 Å². The molecule has 33 heavy (non-hydrogen) atoms. The molecule has 1 saturated heterocycles. The molecule has 6 heteroatoms. The summed E-state index contributed by atoms with van der Waals surface area (Å²) in [5.74, 6) is -0.629. The molecule has 3 aromatic rings. The Balaban J connectivity index is 1.82. The number of benzene rings is 2. The van der Waals surface area contributed by atoms with Crippen LogP contribution in [-0.2, 0) is 9.59 Å². The molecule has 168 valence electrons. The zero-order chi connectivity index (χ0) is 23.5. The highest BCUT2D eigenvalue weighted by atomic mass is 16.5. The molecule has 0 saturated carbocycles. The number of amides is 1. The summed E-state index contributed by atoms with van der Waals surface area (Å²) in [6.07, 6.45) is 1.61. The van der Waals surface area contributed by atoms with Crippen molar-refractivity contribution in [3.63, 3.8) is 0 Å². The number of aromatic nitrogens is 1. The molecule has 2 heterocycles. The zero-order valence-corrected chi connectivity index (χ0v) is 18.9.